The van der Waals surface area contributed by atoms with Crippen LogP contribution in [0.2, 0.25) is 0 Å². The quantitative estimate of drug-likeness (QED) is 0.788. The van der Waals surface area contributed by atoms with Crippen molar-refractivity contribution < 1.29 is 4.79 Å². The van der Waals surface area contributed by atoms with Gasteiger partial charge in [0, 0.05) is 32.4 Å². The van der Waals surface area contributed by atoms with Gasteiger partial charge in [0.2, 0.25) is 5.91 Å². The van der Waals surface area contributed by atoms with Gasteiger partial charge in [0.25, 0.3) is 0 Å². The van der Waals surface area contributed by atoms with E-state index in [2.05, 4.69) is 11.9 Å². The van der Waals surface area contributed by atoms with Crippen LogP contribution in [0.25, 0.3) is 0 Å². The van der Waals surface area contributed by atoms with Gasteiger partial charge in [-0.15, -0.1) is 0 Å². The molecule has 0 spiro atoms. The Hall–Kier alpha value is -1.69. The van der Waals surface area contributed by atoms with Crippen LogP contribution in [-0.2, 0) is 4.79 Å². The van der Waals surface area contributed by atoms with Crippen molar-refractivity contribution in [1.82, 2.24) is 9.88 Å². The van der Waals surface area contributed by atoms with Crippen molar-refractivity contribution in [3.05, 3.63) is 23.9 Å². The fourth-order valence-corrected chi connectivity index (χ4v) is 1.69. The third-order valence-corrected chi connectivity index (χ3v) is 2.91. The van der Waals surface area contributed by atoms with Crippen LogP contribution in [0.4, 0.5) is 5.82 Å². The maximum absolute atomic E-state index is 11.8. The van der Waals surface area contributed by atoms with E-state index < -0.39 is 0 Å². The van der Waals surface area contributed by atoms with E-state index in [4.69, 9.17) is 18.0 Å². The lowest BCUT2D eigenvalue weighted by molar-refractivity contribution is -0.127. The number of rotatable bonds is 6. The second-order valence-electron chi connectivity index (χ2n) is 4.48. The number of hydrogen-bond donors (Lipinski definition) is 1. The number of anilines is 1. The van der Waals surface area contributed by atoms with Gasteiger partial charge in [-0.3, -0.25) is 4.79 Å². The fraction of sp³-hybridized carbons (Fsp3) is 0.462. The van der Waals surface area contributed by atoms with Gasteiger partial charge in [0.15, 0.2) is 0 Å². The molecule has 5 nitrogen and oxygen atoms in total. The Balaban J connectivity index is 2.86. The van der Waals surface area contributed by atoms with Crippen LogP contribution in [0.15, 0.2) is 18.3 Å². The molecular formula is C13H20N4OS. The first-order valence-electron chi connectivity index (χ1n) is 6.16. The average molecular weight is 280 g/mol. The second kappa shape index (κ2) is 7.04. The monoisotopic (exact) mass is 280 g/mol. The Labute approximate surface area is 119 Å². The van der Waals surface area contributed by atoms with E-state index in [1.807, 2.05) is 17.0 Å². The number of pyridine rings is 1. The fourth-order valence-electron chi connectivity index (χ4n) is 1.57. The van der Waals surface area contributed by atoms with Crippen LogP contribution in [0.1, 0.15) is 18.9 Å². The number of likely N-dealkylation sites (N-methyl/N-ethyl adjacent to an activating group) is 1. The largest absolute Gasteiger partial charge is 0.389 e. The van der Waals surface area contributed by atoms with Crippen molar-refractivity contribution in [1.29, 1.82) is 0 Å². The van der Waals surface area contributed by atoms with Gasteiger partial charge < -0.3 is 15.5 Å². The van der Waals surface area contributed by atoms with E-state index in [1.165, 1.54) is 0 Å². The molecule has 19 heavy (non-hydrogen) atoms. The Morgan fingerprint density at radius 2 is 2.11 bits per heavy atom. The smallest absolute Gasteiger partial charge is 0.241 e. The number of aromatic nitrogens is 1. The van der Waals surface area contributed by atoms with Crippen LogP contribution in [0.5, 0.6) is 0 Å². The summed E-state index contributed by atoms with van der Waals surface area (Å²) in [6, 6.07) is 3.67. The molecule has 0 aliphatic rings. The van der Waals surface area contributed by atoms with Gasteiger partial charge in [0.1, 0.15) is 10.8 Å². The molecule has 0 bridgehead atoms. The molecule has 1 rings (SSSR count). The molecule has 0 aliphatic carbocycles. The highest BCUT2D eigenvalue weighted by Crippen LogP contribution is 2.12. The first kappa shape index (κ1) is 15.4. The SMILES string of the molecule is CCCN(CC(=O)N(C)C)c1ccc(C(N)=S)cn1. The maximum Gasteiger partial charge on any atom is 0.241 e. The minimum atomic E-state index is 0.0497. The lowest BCUT2D eigenvalue weighted by atomic mass is 10.2. The zero-order valence-corrected chi connectivity index (χ0v) is 12.4. The summed E-state index contributed by atoms with van der Waals surface area (Å²) in [6.45, 7) is 3.16. The molecule has 0 unspecified atom stereocenters. The van der Waals surface area contributed by atoms with Crippen LogP contribution < -0.4 is 10.6 Å². The summed E-state index contributed by atoms with van der Waals surface area (Å²) < 4.78 is 0. The molecule has 1 aromatic rings. The Bertz CT molecular complexity index is 444. The summed E-state index contributed by atoms with van der Waals surface area (Å²) in [7, 11) is 3.49. The number of amides is 1. The summed E-state index contributed by atoms with van der Waals surface area (Å²) in [5.41, 5.74) is 6.27. The van der Waals surface area contributed by atoms with Crippen molar-refractivity contribution in [3.8, 4) is 0 Å². The standard InChI is InChI=1S/C13H20N4OS/c1-4-7-17(9-12(18)16(2)3)11-6-5-10(8-15-11)13(14)19/h5-6,8H,4,7,9H2,1-3H3,(H2,14,19). The highest BCUT2D eigenvalue weighted by molar-refractivity contribution is 7.80. The number of thiocarbonyl (C=S) groups is 1. The zero-order valence-electron chi connectivity index (χ0n) is 11.6. The predicted molar refractivity (Wildman–Crippen MR) is 81.3 cm³/mol. The minimum absolute atomic E-state index is 0.0497. The highest BCUT2D eigenvalue weighted by Gasteiger charge is 2.13. The topological polar surface area (TPSA) is 62.5 Å². The zero-order chi connectivity index (χ0) is 14.4. The number of carbonyl (C=O) groups is 1. The molecule has 0 aliphatic heterocycles. The summed E-state index contributed by atoms with van der Waals surface area (Å²) >= 11 is 4.89. The summed E-state index contributed by atoms with van der Waals surface area (Å²) in [5.74, 6) is 0.811. The van der Waals surface area contributed by atoms with Crippen LogP contribution in [-0.4, -0.2) is 48.0 Å². The Morgan fingerprint density at radius 3 is 2.53 bits per heavy atom. The van der Waals surface area contributed by atoms with Crippen molar-refractivity contribution in [3.63, 3.8) is 0 Å². The van der Waals surface area contributed by atoms with E-state index >= 15 is 0 Å². The van der Waals surface area contributed by atoms with E-state index in [0.29, 0.717) is 11.5 Å². The van der Waals surface area contributed by atoms with Crippen LogP contribution in [0.3, 0.4) is 0 Å². The molecule has 0 saturated heterocycles. The number of nitrogens with two attached hydrogens (primary N) is 1. The second-order valence-corrected chi connectivity index (χ2v) is 4.92. The summed E-state index contributed by atoms with van der Waals surface area (Å²) in [6.07, 6.45) is 2.58. The summed E-state index contributed by atoms with van der Waals surface area (Å²) in [5, 5.41) is 0. The molecular weight excluding hydrogens is 260 g/mol. The molecule has 0 fully saturated rings. The molecule has 0 aromatic carbocycles. The molecule has 0 saturated carbocycles. The first-order chi connectivity index (χ1) is 8.95. The molecule has 1 heterocycles. The predicted octanol–water partition coefficient (Wildman–Crippen LogP) is 1.02. The van der Waals surface area contributed by atoms with E-state index in [0.717, 1.165) is 24.3 Å². The Kier molecular flexibility index (Phi) is 5.69. The lowest BCUT2D eigenvalue weighted by Crippen LogP contribution is -2.37. The third kappa shape index (κ3) is 4.48. The molecule has 104 valence electrons. The first-order valence-corrected chi connectivity index (χ1v) is 6.57. The third-order valence-electron chi connectivity index (χ3n) is 2.67. The van der Waals surface area contributed by atoms with Gasteiger partial charge in [0.05, 0.1) is 6.54 Å². The number of carbonyl (C=O) groups excluding carboxylic acids is 1. The maximum atomic E-state index is 11.8. The Morgan fingerprint density at radius 1 is 1.42 bits per heavy atom. The van der Waals surface area contributed by atoms with E-state index in [9.17, 15) is 4.79 Å². The molecule has 0 radical (unpaired) electrons. The molecule has 0 atom stereocenters. The van der Waals surface area contributed by atoms with Gasteiger partial charge in [-0.25, -0.2) is 4.98 Å². The van der Waals surface area contributed by atoms with E-state index in [-0.39, 0.29) is 5.91 Å². The highest BCUT2D eigenvalue weighted by atomic mass is 32.1. The van der Waals surface area contributed by atoms with Crippen LogP contribution in [0, 0.1) is 0 Å². The van der Waals surface area contributed by atoms with Crippen molar-refractivity contribution in [2.75, 3.05) is 32.1 Å². The van der Waals surface area contributed by atoms with E-state index in [1.54, 1.807) is 25.2 Å². The van der Waals surface area contributed by atoms with Gasteiger partial charge in [-0.2, -0.15) is 0 Å². The lowest BCUT2D eigenvalue weighted by Gasteiger charge is -2.24. The van der Waals surface area contributed by atoms with Crippen molar-refractivity contribution >= 4 is 28.9 Å². The molecule has 6 heteroatoms. The minimum Gasteiger partial charge on any atom is -0.389 e. The summed E-state index contributed by atoms with van der Waals surface area (Å²) in [4.78, 5) is 20.0. The molecule has 1 aromatic heterocycles. The normalized spacial score (nSPS) is 10.1. The van der Waals surface area contributed by atoms with Gasteiger partial charge >= 0.3 is 0 Å². The van der Waals surface area contributed by atoms with Crippen molar-refractivity contribution in [2.24, 2.45) is 5.73 Å². The molecule has 1 amide bonds. The van der Waals surface area contributed by atoms with Gasteiger partial charge in [-0.1, -0.05) is 19.1 Å². The van der Waals surface area contributed by atoms with Crippen LogP contribution >= 0.6 is 12.2 Å². The number of nitrogens with zero attached hydrogens (tertiary/aromatic N) is 3. The van der Waals surface area contributed by atoms with Crippen molar-refractivity contribution in [2.45, 2.75) is 13.3 Å². The molecule has 2 N–H and O–H groups in total. The number of hydrogen-bond acceptors (Lipinski definition) is 4. The average Bonchev–Trinajstić information content (AvgIpc) is 2.38. The van der Waals surface area contributed by atoms with Gasteiger partial charge in [-0.05, 0) is 18.6 Å².